The maximum atomic E-state index is 10.9. The first-order valence-electron chi connectivity index (χ1n) is 6.23. The highest BCUT2D eigenvalue weighted by Gasteiger charge is 2.15. The van der Waals surface area contributed by atoms with Crippen molar-refractivity contribution < 1.29 is 9.66 Å². The number of nitro benzene ring substituents is 1. The molecule has 0 N–H and O–H groups in total. The monoisotopic (exact) mass is 300 g/mol. The molecule has 6 heteroatoms. The molecule has 0 amide bonds. The summed E-state index contributed by atoms with van der Waals surface area (Å²) < 4.78 is 5.31. The molecule has 21 heavy (non-hydrogen) atoms. The Bertz CT molecular complexity index is 710. The molecule has 2 rings (SSSR count). The van der Waals surface area contributed by atoms with Crippen LogP contribution in [0.25, 0.3) is 0 Å². The van der Waals surface area contributed by atoms with Crippen LogP contribution in [0, 0.1) is 21.4 Å². The van der Waals surface area contributed by atoms with Crippen LogP contribution in [0.15, 0.2) is 52.3 Å². The third kappa shape index (κ3) is 3.74. The summed E-state index contributed by atoms with van der Waals surface area (Å²) in [5, 5.41) is 19.8. The maximum absolute atomic E-state index is 10.9. The fraction of sp³-hybridized carbons (Fsp3) is 0.133. The SMILES string of the molecule is CCOc1cc(Sc2cccc(C#N)c2)ccc1[N+](=O)[O-]. The molecule has 0 aromatic heterocycles. The second-order valence-electron chi connectivity index (χ2n) is 4.06. The van der Waals surface area contributed by atoms with Crippen LogP contribution in [0.2, 0.25) is 0 Å². The van der Waals surface area contributed by atoms with Gasteiger partial charge >= 0.3 is 5.69 Å². The Hall–Kier alpha value is -2.52. The highest BCUT2D eigenvalue weighted by atomic mass is 32.2. The predicted octanol–water partition coefficient (Wildman–Crippen LogP) is 4.02. The Morgan fingerprint density at radius 3 is 2.71 bits per heavy atom. The van der Waals surface area contributed by atoms with Crippen LogP contribution in [0.5, 0.6) is 5.75 Å². The number of nitrogens with zero attached hydrogens (tertiary/aromatic N) is 2. The summed E-state index contributed by atoms with van der Waals surface area (Å²) in [6.45, 7) is 2.14. The van der Waals surface area contributed by atoms with Crippen molar-refractivity contribution in [1.29, 1.82) is 5.26 Å². The number of nitriles is 1. The lowest BCUT2D eigenvalue weighted by Crippen LogP contribution is -1.97. The third-order valence-electron chi connectivity index (χ3n) is 2.63. The van der Waals surface area contributed by atoms with Crippen molar-refractivity contribution in [2.75, 3.05) is 6.61 Å². The summed E-state index contributed by atoms with van der Waals surface area (Å²) in [5.41, 5.74) is 0.527. The number of nitro groups is 1. The van der Waals surface area contributed by atoms with E-state index < -0.39 is 4.92 Å². The number of ether oxygens (including phenoxy) is 1. The van der Waals surface area contributed by atoms with Gasteiger partial charge in [0.2, 0.25) is 0 Å². The van der Waals surface area contributed by atoms with E-state index in [0.29, 0.717) is 12.2 Å². The highest BCUT2D eigenvalue weighted by Crippen LogP contribution is 2.35. The lowest BCUT2D eigenvalue weighted by atomic mass is 10.2. The van der Waals surface area contributed by atoms with Crippen molar-refractivity contribution >= 4 is 17.4 Å². The molecule has 0 saturated carbocycles. The van der Waals surface area contributed by atoms with Gasteiger partial charge in [-0.2, -0.15) is 5.26 Å². The van der Waals surface area contributed by atoms with Crippen LogP contribution < -0.4 is 4.74 Å². The number of benzene rings is 2. The molecule has 0 atom stereocenters. The van der Waals surface area contributed by atoms with Crippen LogP contribution in [-0.2, 0) is 0 Å². The van der Waals surface area contributed by atoms with Gasteiger partial charge in [0.25, 0.3) is 0 Å². The molecule has 106 valence electrons. The van der Waals surface area contributed by atoms with Crippen LogP contribution >= 0.6 is 11.8 Å². The van der Waals surface area contributed by atoms with Gasteiger partial charge in [-0.1, -0.05) is 17.8 Å². The molecule has 0 aliphatic rings. The quantitative estimate of drug-likeness (QED) is 0.615. The second-order valence-corrected chi connectivity index (χ2v) is 5.21. The van der Waals surface area contributed by atoms with Crippen molar-refractivity contribution in [3.63, 3.8) is 0 Å². The molecule has 0 spiro atoms. The van der Waals surface area contributed by atoms with E-state index in [0.717, 1.165) is 9.79 Å². The zero-order valence-electron chi connectivity index (χ0n) is 11.3. The molecule has 0 unspecified atom stereocenters. The average Bonchev–Trinajstić information content (AvgIpc) is 2.48. The summed E-state index contributed by atoms with van der Waals surface area (Å²) in [5.74, 6) is 0.254. The van der Waals surface area contributed by atoms with Crippen LogP contribution in [0.4, 0.5) is 5.69 Å². The predicted molar refractivity (Wildman–Crippen MR) is 79.5 cm³/mol. The van der Waals surface area contributed by atoms with Gasteiger partial charge in [0.15, 0.2) is 5.75 Å². The van der Waals surface area contributed by atoms with Crippen LogP contribution in [0.3, 0.4) is 0 Å². The summed E-state index contributed by atoms with van der Waals surface area (Å²) in [7, 11) is 0. The van der Waals surface area contributed by atoms with E-state index in [1.165, 1.54) is 17.8 Å². The van der Waals surface area contributed by atoms with E-state index in [1.807, 2.05) is 6.07 Å². The zero-order valence-corrected chi connectivity index (χ0v) is 12.1. The van der Waals surface area contributed by atoms with E-state index in [4.69, 9.17) is 10.00 Å². The van der Waals surface area contributed by atoms with Crippen molar-refractivity contribution in [3.05, 3.63) is 58.1 Å². The van der Waals surface area contributed by atoms with Crippen molar-refractivity contribution in [2.24, 2.45) is 0 Å². The molecule has 0 fully saturated rings. The van der Waals surface area contributed by atoms with Gasteiger partial charge in [-0.25, -0.2) is 0 Å². The Balaban J connectivity index is 2.30. The first-order valence-corrected chi connectivity index (χ1v) is 7.05. The Morgan fingerprint density at radius 2 is 2.05 bits per heavy atom. The van der Waals surface area contributed by atoms with E-state index in [1.54, 1.807) is 37.3 Å². The van der Waals surface area contributed by atoms with Gasteiger partial charge in [0, 0.05) is 21.9 Å². The summed E-state index contributed by atoms with van der Waals surface area (Å²) in [4.78, 5) is 12.2. The molecule has 5 nitrogen and oxygen atoms in total. The molecule has 0 saturated heterocycles. The first kappa shape index (κ1) is 14.9. The fourth-order valence-corrected chi connectivity index (χ4v) is 2.65. The largest absolute Gasteiger partial charge is 0.487 e. The van der Waals surface area contributed by atoms with E-state index in [-0.39, 0.29) is 11.4 Å². The van der Waals surface area contributed by atoms with Crippen LogP contribution in [-0.4, -0.2) is 11.5 Å². The number of hydrogen-bond acceptors (Lipinski definition) is 5. The van der Waals surface area contributed by atoms with Gasteiger partial charge in [-0.3, -0.25) is 10.1 Å². The van der Waals surface area contributed by atoms with Crippen molar-refractivity contribution in [3.8, 4) is 11.8 Å². The minimum atomic E-state index is -0.463. The lowest BCUT2D eigenvalue weighted by molar-refractivity contribution is -0.385. The molecule has 0 aliphatic heterocycles. The minimum absolute atomic E-state index is 0.0491. The summed E-state index contributed by atoms with van der Waals surface area (Å²) in [6.07, 6.45) is 0. The van der Waals surface area contributed by atoms with E-state index in [2.05, 4.69) is 6.07 Å². The minimum Gasteiger partial charge on any atom is -0.487 e. The number of rotatable bonds is 5. The Kier molecular flexibility index (Phi) is 4.80. The summed E-state index contributed by atoms with van der Waals surface area (Å²) >= 11 is 1.42. The summed E-state index contributed by atoms with van der Waals surface area (Å²) in [6, 6.07) is 14.0. The third-order valence-corrected chi connectivity index (χ3v) is 3.61. The molecule has 2 aromatic carbocycles. The van der Waals surface area contributed by atoms with Gasteiger partial charge < -0.3 is 4.74 Å². The van der Waals surface area contributed by atoms with Gasteiger partial charge in [-0.15, -0.1) is 0 Å². The van der Waals surface area contributed by atoms with Gasteiger partial charge in [0.05, 0.1) is 23.2 Å². The molecular formula is C15H12N2O3S. The molecule has 0 bridgehead atoms. The highest BCUT2D eigenvalue weighted by molar-refractivity contribution is 7.99. The smallest absolute Gasteiger partial charge is 0.310 e. The molecule has 0 radical (unpaired) electrons. The Morgan fingerprint density at radius 1 is 1.29 bits per heavy atom. The fourth-order valence-electron chi connectivity index (χ4n) is 1.75. The molecule has 0 aliphatic carbocycles. The topological polar surface area (TPSA) is 76.2 Å². The standard InChI is InChI=1S/C15H12N2O3S/c1-2-20-15-9-13(6-7-14(15)17(18)19)21-12-5-3-4-11(8-12)10-16/h3-9H,2H2,1H3. The average molecular weight is 300 g/mol. The van der Waals surface area contributed by atoms with E-state index >= 15 is 0 Å². The first-order chi connectivity index (χ1) is 10.1. The lowest BCUT2D eigenvalue weighted by Gasteiger charge is -2.07. The maximum Gasteiger partial charge on any atom is 0.310 e. The number of hydrogen-bond donors (Lipinski definition) is 0. The van der Waals surface area contributed by atoms with Crippen molar-refractivity contribution in [1.82, 2.24) is 0 Å². The zero-order chi connectivity index (χ0) is 15.2. The van der Waals surface area contributed by atoms with Crippen LogP contribution in [0.1, 0.15) is 12.5 Å². The molecule has 2 aromatic rings. The van der Waals surface area contributed by atoms with Crippen molar-refractivity contribution in [2.45, 2.75) is 16.7 Å². The molecule has 0 heterocycles. The van der Waals surface area contributed by atoms with E-state index in [9.17, 15) is 10.1 Å². The molecular weight excluding hydrogens is 288 g/mol. The normalized spacial score (nSPS) is 9.90. The van der Waals surface area contributed by atoms with Gasteiger partial charge in [0.1, 0.15) is 0 Å². The van der Waals surface area contributed by atoms with Gasteiger partial charge in [-0.05, 0) is 31.2 Å². The second kappa shape index (κ2) is 6.77. The Labute approximate surface area is 126 Å².